The largest absolute Gasteiger partial charge is 0.395 e. The van der Waals surface area contributed by atoms with Gasteiger partial charge in [-0.2, -0.15) is 0 Å². The second-order valence-corrected chi connectivity index (χ2v) is 6.62. The molecule has 0 saturated carbocycles. The SMILES string of the molecule is OCC(CCN1CCCCC1)(c1ccccc1)c1ccccc1. The Morgan fingerprint density at radius 2 is 1.30 bits per heavy atom. The number of benzene rings is 2. The van der Waals surface area contributed by atoms with Crippen molar-refractivity contribution in [2.45, 2.75) is 31.1 Å². The molecule has 23 heavy (non-hydrogen) atoms. The highest BCUT2D eigenvalue weighted by Gasteiger charge is 2.33. The molecule has 1 aliphatic heterocycles. The summed E-state index contributed by atoms with van der Waals surface area (Å²) in [5.74, 6) is 0. The zero-order valence-corrected chi connectivity index (χ0v) is 13.8. The lowest BCUT2D eigenvalue weighted by molar-refractivity contribution is 0.170. The van der Waals surface area contributed by atoms with E-state index in [2.05, 4.69) is 53.4 Å². The minimum absolute atomic E-state index is 0.148. The number of rotatable bonds is 6. The Kier molecular flexibility index (Phi) is 5.47. The molecule has 0 bridgehead atoms. The van der Waals surface area contributed by atoms with Crippen LogP contribution in [0.4, 0.5) is 0 Å². The molecule has 0 radical (unpaired) electrons. The summed E-state index contributed by atoms with van der Waals surface area (Å²) in [6.07, 6.45) is 4.93. The van der Waals surface area contributed by atoms with Crippen LogP contribution >= 0.6 is 0 Å². The first-order chi connectivity index (χ1) is 11.3. The molecular formula is C21H27NO. The number of likely N-dealkylation sites (tertiary alicyclic amines) is 1. The van der Waals surface area contributed by atoms with E-state index in [1.54, 1.807) is 0 Å². The second kappa shape index (κ2) is 7.76. The van der Waals surface area contributed by atoms with Gasteiger partial charge in [0.25, 0.3) is 0 Å². The molecule has 1 saturated heterocycles. The third-order valence-corrected chi connectivity index (χ3v) is 5.23. The monoisotopic (exact) mass is 309 g/mol. The normalized spacial score (nSPS) is 16.4. The highest BCUT2D eigenvalue weighted by atomic mass is 16.3. The number of hydrogen-bond donors (Lipinski definition) is 1. The average Bonchev–Trinajstić information content (AvgIpc) is 2.65. The standard InChI is InChI=1S/C21H27NO/c23-18-21(19-10-4-1-5-11-19,20-12-6-2-7-13-20)14-17-22-15-8-3-9-16-22/h1-2,4-7,10-13,23H,3,8-9,14-18H2. The molecule has 1 heterocycles. The van der Waals surface area contributed by atoms with Gasteiger partial charge in [0.2, 0.25) is 0 Å². The second-order valence-electron chi connectivity index (χ2n) is 6.62. The van der Waals surface area contributed by atoms with Crippen molar-refractivity contribution >= 4 is 0 Å². The molecule has 0 spiro atoms. The smallest absolute Gasteiger partial charge is 0.0569 e. The molecule has 3 rings (SSSR count). The third-order valence-electron chi connectivity index (χ3n) is 5.23. The maximum atomic E-state index is 10.4. The number of nitrogens with zero attached hydrogens (tertiary/aromatic N) is 1. The molecule has 1 fully saturated rings. The summed E-state index contributed by atoms with van der Waals surface area (Å²) >= 11 is 0. The Labute approximate surface area is 139 Å². The minimum Gasteiger partial charge on any atom is -0.395 e. The van der Waals surface area contributed by atoms with Gasteiger partial charge in [-0.25, -0.2) is 0 Å². The van der Waals surface area contributed by atoms with Gasteiger partial charge in [0, 0.05) is 5.41 Å². The molecule has 0 unspecified atom stereocenters. The van der Waals surface area contributed by atoms with Gasteiger partial charge in [-0.05, 0) is 50.0 Å². The molecular weight excluding hydrogens is 282 g/mol. The fourth-order valence-corrected chi connectivity index (χ4v) is 3.76. The van der Waals surface area contributed by atoms with Gasteiger partial charge in [0.1, 0.15) is 0 Å². The fraction of sp³-hybridized carbons (Fsp3) is 0.429. The molecule has 1 N–H and O–H groups in total. The highest BCUT2D eigenvalue weighted by molar-refractivity contribution is 5.39. The lowest BCUT2D eigenvalue weighted by Crippen LogP contribution is -2.39. The number of aliphatic hydroxyl groups is 1. The zero-order chi connectivity index (χ0) is 16.0. The summed E-state index contributed by atoms with van der Waals surface area (Å²) in [4.78, 5) is 2.56. The van der Waals surface area contributed by atoms with Gasteiger partial charge in [0.15, 0.2) is 0 Å². The van der Waals surface area contributed by atoms with Crippen LogP contribution in [0.3, 0.4) is 0 Å². The molecule has 122 valence electrons. The Morgan fingerprint density at radius 3 is 1.78 bits per heavy atom. The molecule has 0 amide bonds. The summed E-state index contributed by atoms with van der Waals surface area (Å²) in [6.45, 7) is 3.59. The van der Waals surface area contributed by atoms with Crippen LogP contribution in [0.15, 0.2) is 60.7 Å². The Bertz CT molecular complexity index is 536. The summed E-state index contributed by atoms with van der Waals surface area (Å²) < 4.78 is 0. The van der Waals surface area contributed by atoms with Gasteiger partial charge < -0.3 is 10.0 Å². The quantitative estimate of drug-likeness (QED) is 0.876. The molecule has 2 nitrogen and oxygen atoms in total. The minimum atomic E-state index is -0.306. The maximum Gasteiger partial charge on any atom is 0.0569 e. The molecule has 2 heteroatoms. The predicted molar refractivity (Wildman–Crippen MR) is 95.7 cm³/mol. The fourth-order valence-electron chi connectivity index (χ4n) is 3.76. The van der Waals surface area contributed by atoms with Crippen molar-refractivity contribution in [3.05, 3.63) is 71.8 Å². The van der Waals surface area contributed by atoms with E-state index in [1.807, 2.05) is 12.1 Å². The van der Waals surface area contributed by atoms with Crippen LogP contribution < -0.4 is 0 Å². The average molecular weight is 309 g/mol. The van der Waals surface area contributed by atoms with Gasteiger partial charge in [-0.15, -0.1) is 0 Å². The van der Waals surface area contributed by atoms with E-state index in [0.717, 1.165) is 13.0 Å². The van der Waals surface area contributed by atoms with Crippen molar-refractivity contribution < 1.29 is 5.11 Å². The van der Waals surface area contributed by atoms with E-state index in [4.69, 9.17) is 0 Å². The summed E-state index contributed by atoms with van der Waals surface area (Å²) in [5, 5.41) is 10.4. The lowest BCUT2D eigenvalue weighted by atomic mass is 9.72. The van der Waals surface area contributed by atoms with E-state index < -0.39 is 0 Å². The van der Waals surface area contributed by atoms with Crippen molar-refractivity contribution in [3.63, 3.8) is 0 Å². The predicted octanol–water partition coefficient (Wildman–Crippen LogP) is 3.84. The van der Waals surface area contributed by atoms with Gasteiger partial charge >= 0.3 is 0 Å². The van der Waals surface area contributed by atoms with Crippen LogP contribution in [0.2, 0.25) is 0 Å². The molecule has 2 aromatic carbocycles. The van der Waals surface area contributed by atoms with Crippen molar-refractivity contribution in [2.24, 2.45) is 0 Å². The summed E-state index contributed by atoms with van der Waals surface area (Å²) in [6, 6.07) is 21.0. The number of piperidine rings is 1. The first-order valence-electron chi connectivity index (χ1n) is 8.79. The molecule has 0 atom stereocenters. The van der Waals surface area contributed by atoms with Gasteiger partial charge in [-0.3, -0.25) is 0 Å². The van der Waals surface area contributed by atoms with Crippen molar-refractivity contribution in [1.82, 2.24) is 4.90 Å². The molecule has 2 aromatic rings. The molecule has 0 aromatic heterocycles. The van der Waals surface area contributed by atoms with Crippen molar-refractivity contribution in [1.29, 1.82) is 0 Å². The van der Waals surface area contributed by atoms with Crippen molar-refractivity contribution in [3.8, 4) is 0 Å². The van der Waals surface area contributed by atoms with Gasteiger partial charge in [0.05, 0.1) is 6.61 Å². The van der Waals surface area contributed by atoms with Crippen LogP contribution in [0.5, 0.6) is 0 Å². The first kappa shape index (κ1) is 16.2. The summed E-state index contributed by atoms with van der Waals surface area (Å²) in [5.41, 5.74) is 2.12. The highest BCUT2D eigenvalue weighted by Crippen LogP contribution is 2.35. The lowest BCUT2D eigenvalue weighted by Gasteiger charge is -2.36. The van der Waals surface area contributed by atoms with Crippen molar-refractivity contribution in [2.75, 3.05) is 26.2 Å². The number of hydrogen-bond acceptors (Lipinski definition) is 2. The zero-order valence-electron chi connectivity index (χ0n) is 13.8. The third kappa shape index (κ3) is 3.65. The van der Waals surface area contributed by atoms with E-state index in [1.165, 1.54) is 43.5 Å². The Hall–Kier alpha value is -1.64. The number of aliphatic hydroxyl groups excluding tert-OH is 1. The summed E-state index contributed by atoms with van der Waals surface area (Å²) in [7, 11) is 0. The maximum absolute atomic E-state index is 10.4. The van der Waals surface area contributed by atoms with E-state index in [0.29, 0.717) is 0 Å². The van der Waals surface area contributed by atoms with E-state index in [-0.39, 0.29) is 12.0 Å². The molecule has 1 aliphatic rings. The molecule has 0 aliphatic carbocycles. The topological polar surface area (TPSA) is 23.5 Å². The van der Waals surface area contributed by atoms with Crippen LogP contribution in [0.25, 0.3) is 0 Å². The van der Waals surface area contributed by atoms with E-state index >= 15 is 0 Å². The Morgan fingerprint density at radius 1 is 0.783 bits per heavy atom. The van der Waals surface area contributed by atoms with Crippen LogP contribution in [0, 0.1) is 0 Å². The van der Waals surface area contributed by atoms with Gasteiger partial charge in [-0.1, -0.05) is 67.1 Å². The Balaban J connectivity index is 1.89. The van der Waals surface area contributed by atoms with E-state index in [9.17, 15) is 5.11 Å². The first-order valence-corrected chi connectivity index (χ1v) is 8.79. The van der Waals surface area contributed by atoms with Crippen LogP contribution in [0.1, 0.15) is 36.8 Å². The van der Waals surface area contributed by atoms with Crippen LogP contribution in [-0.4, -0.2) is 36.2 Å². The van der Waals surface area contributed by atoms with Crippen LogP contribution in [-0.2, 0) is 5.41 Å².